The molecule has 0 spiro atoms. The second-order valence-corrected chi connectivity index (χ2v) is 4.43. The highest BCUT2D eigenvalue weighted by molar-refractivity contribution is 7.99. The fraction of sp³-hybridized carbons (Fsp3) is 0.0909. The SMILES string of the molecule is Cn1ccnc1Sc1ncnc2ncccc12. The van der Waals surface area contributed by atoms with Crippen LogP contribution in [0.2, 0.25) is 0 Å². The van der Waals surface area contributed by atoms with Gasteiger partial charge >= 0.3 is 0 Å². The Labute approximate surface area is 102 Å². The number of rotatable bonds is 2. The first-order chi connectivity index (χ1) is 8.34. The van der Waals surface area contributed by atoms with Gasteiger partial charge in [0, 0.05) is 25.6 Å². The smallest absolute Gasteiger partial charge is 0.174 e. The maximum atomic E-state index is 4.28. The number of aryl methyl sites for hydroxylation is 1. The van der Waals surface area contributed by atoms with Gasteiger partial charge in [-0.05, 0) is 23.9 Å². The van der Waals surface area contributed by atoms with Crippen LogP contribution in [0.1, 0.15) is 0 Å². The molecule has 3 aromatic heterocycles. The summed E-state index contributed by atoms with van der Waals surface area (Å²) in [5, 5.41) is 2.72. The van der Waals surface area contributed by atoms with Gasteiger partial charge in [-0.25, -0.2) is 19.9 Å². The van der Waals surface area contributed by atoms with Gasteiger partial charge in [0.2, 0.25) is 0 Å². The third kappa shape index (κ3) is 1.87. The first-order valence-corrected chi connectivity index (χ1v) is 5.87. The summed E-state index contributed by atoms with van der Waals surface area (Å²) in [5.74, 6) is 0. The van der Waals surface area contributed by atoms with E-state index in [2.05, 4.69) is 19.9 Å². The van der Waals surface area contributed by atoms with E-state index >= 15 is 0 Å². The summed E-state index contributed by atoms with van der Waals surface area (Å²) >= 11 is 1.51. The van der Waals surface area contributed by atoms with Gasteiger partial charge in [-0.2, -0.15) is 0 Å². The first kappa shape index (κ1) is 10.2. The molecule has 3 rings (SSSR count). The molecule has 0 atom stereocenters. The van der Waals surface area contributed by atoms with Crippen LogP contribution >= 0.6 is 11.8 Å². The van der Waals surface area contributed by atoms with Crippen LogP contribution in [0.5, 0.6) is 0 Å². The Bertz CT molecular complexity index is 658. The van der Waals surface area contributed by atoms with Crippen molar-refractivity contribution in [3.63, 3.8) is 0 Å². The summed E-state index contributed by atoms with van der Waals surface area (Å²) in [4.78, 5) is 16.9. The van der Waals surface area contributed by atoms with Gasteiger partial charge in [-0.1, -0.05) is 0 Å². The highest BCUT2D eigenvalue weighted by Gasteiger charge is 2.08. The summed E-state index contributed by atoms with van der Waals surface area (Å²) in [5.41, 5.74) is 0.708. The van der Waals surface area contributed by atoms with Crippen LogP contribution in [-0.2, 0) is 7.05 Å². The maximum absolute atomic E-state index is 4.28. The van der Waals surface area contributed by atoms with E-state index in [0.717, 1.165) is 15.6 Å². The van der Waals surface area contributed by atoms with Gasteiger partial charge in [0.25, 0.3) is 0 Å². The lowest BCUT2D eigenvalue weighted by Crippen LogP contribution is -1.92. The highest BCUT2D eigenvalue weighted by atomic mass is 32.2. The van der Waals surface area contributed by atoms with Crippen LogP contribution in [0.25, 0.3) is 11.0 Å². The molecule has 3 heterocycles. The zero-order valence-corrected chi connectivity index (χ0v) is 9.92. The van der Waals surface area contributed by atoms with Crippen molar-refractivity contribution in [2.24, 2.45) is 7.05 Å². The van der Waals surface area contributed by atoms with Crippen molar-refractivity contribution in [1.82, 2.24) is 24.5 Å². The standard InChI is InChI=1S/C11H9N5S/c1-16-6-5-13-11(16)17-10-8-3-2-4-12-9(8)14-7-15-10/h2-7H,1H3. The Morgan fingerprint density at radius 1 is 1.12 bits per heavy atom. The number of imidazole rings is 1. The fourth-order valence-corrected chi connectivity index (χ4v) is 2.35. The van der Waals surface area contributed by atoms with E-state index in [9.17, 15) is 0 Å². The van der Waals surface area contributed by atoms with Gasteiger partial charge in [-0.3, -0.25) is 0 Å². The zero-order chi connectivity index (χ0) is 11.7. The summed E-state index contributed by atoms with van der Waals surface area (Å²) in [6.45, 7) is 0. The minimum atomic E-state index is 0.708. The number of fused-ring (bicyclic) bond motifs is 1. The highest BCUT2D eigenvalue weighted by Crippen LogP contribution is 2.28. The number of hydrogen-bond donors (Lipinski definition) is 0. The van der Waals surface area contributed by atoms with E-state index in [1.165, 1.54) is 18.1 Å². The topological polar surface area (TPSA) is 56.5 Å². The Kier molecular flexibility index (Phi) is 2.49. The van der Waals surface area contributed by atoms with E-state index in [4.69, 9.17) is 0 Å². The minimum Gasteiger partial charge on any atom is -0.329 e. The van der Waals surface area contributed by atoms with Crippen molar-refractivity contribution in [1.29, 1.82) is 0 Å². The van der Waals surface area contributed by atoms with Crippen molar-refractivity contribution in [2.45, 2.75) is 10.2 Å². The first-order valence-electron chi connectivity index (χ1n) is 5.05. The van der Waals surface area contributed by atoms with E-state index in [0.29, 0.717) is 5.65 Å². The number of nitrogens with zero attached hydrogens (tertiary/aromatic N) is 5. The molecule has 0 N–H and O–H groups in total. The Balaban J connectivity index is 2.09. The van der Waals surface area contributed by atoms with Gasteiger partial charge in [0.15, 0.2) is 10.8 Å². The molecule has 17 heavy (non-hydrogen) atoms. The van der Waals surface area contributed by atoms with Crippen molar-refractivity contribution < 1.29 is 0 Å². The lowest BCUT2D eigenvalue weighted by Gasteiger charge is -2.03. The molecule has 0 aliphatic carbocycles. The molecule has 0 saturated heterocycles. The normalized spacial score (nSPS) is 10.9. The van der Waals surface area contributed by atoms with Crippen LogP contribution in [0.15, 0.2) is 47.2 Å². The molecule has 0 saturated carbocycles. The average Bonchev–Trinajstić information content (AvgIpc) is 2.76. The average molecular weight is 243 g/mol. The molecular weight excluding hydrogens is 234 g/mol. The molecule has 0 bridgehead atoms. The lowest BCUT2D eigenvalue weighted by atomic mass is 10.3. The van der Waals surface area contributed by atoms with Crippen LogP contribution in [0.4, 0.5) is 0 Å². The van der Waals surface area contributed by atoms with Crippen LogP contribution in [0.3, 0.4) is 0 Å². The predicted octanol–water partition coefficient (Wildman–Crippen LogP) is 1.91. The Morgan fingerprint density at radius 2 is 2.06 bits per heavy atom. The minimum absolute atomic E-state index is 0.708. The monoisotopic (exact) mass is 243 g/mol. The van der Waals surface area contributed by atoms with Crippen molar-refractivity contribution in [3.8, 4) is 0 Å². The summed E-state index contributed by atoms with van der Waals surface area (Å²) in [6, 6.07) is 3.85. The summed E-state index contributed by atoms with van der Waals surface area (Å²) in [7, 11) is 1.96. The van der Waals surface area contributed by atoms with E-state index in [1.54, 1.807) is 12.4 Å². The van der Waals surface area contributed by atoms with Gasteiger partial charge in [0.05, 0.1) is 5.39 Å². The van der Waals surface area contributed by atoms with E-state index in [1.807, 2.05) is 29.9 Å². The number of pyridine rings is 1. The molecular formula is C11H9N5S. The van der Waals surface area contributed by atoms with Crippen molar-refractivity contribution in [2.75, 3.05) is 0 Å². The molecule has 0 radical (unpaired) electrons. The maximum Gasteiger partial charge on any atom is 0.174 e. The van der Waals surface area contributed by atoms with Crippen molar-refractivity contribution in [3.05, 3.63) is 37.1 Å². The molecule has 0 aliphatic rings. The van der Waals surface area contributed by atoms with Gasteiger partial charge in [-0.15, -0.1) is 0 Å². The van der Waals surface area contributed by atoms with Gasteiger partial charge < -0.3 is 4.57 Å². The van der Waals surface area contributed by atoms with Crippen LogP contribution in [0, 0.1) is 0 Å². The zero-order valence-electron chi connectivity index (χ0n) is 9.11. The second-order valence-electron chi connectivity index (χ2n) is 3.48. The predicted molar refractivity (Wildman–Crippen MR) is 64.7 cm³/mol. The van der Waals surface area contributed by atoms with E-state index in [-0.39, 0.29) is 0 Å². The molecule has 0 aromatic carbocycles. The second kappa shape index (κ2) is 4.14. The molecule has 0 aliphatic heterocycles. The molecule has 6 heteroatoms. The third-order valence-corrected chi connectivity index (χ3v) is 3.43. The summed E-state index contributed by atoms with van der Waals surface area (Å²) in [6.07, 6.45) is 6.93. The van der Waals surface area contributed by atoms with Crippen LogP contribution in [-0.4, -0.2) is 24.5 Å². The molecule has 0 fully saturated rings. The lowest BCUT2D eigenvalue weighted by molar-refractivity contribution is 0.789. The quantitative estimate of drug-likeness (QED) is 0.643. The number of aromatic nitrogens is 5. The largest absolute Gasteiger partial charge is 0.329 e. The fourth-order valence-electron chi connectivity index (χ4n) is 1.49. The van der Waals surface area contributed by atoms with Crippen molar-refractivity contribution >= 4 is 22.8 Å². The summed E-state index contributed by atoms with van der Waals surface area (Å²) < 4.78 is 1.95. The Morgan fingerprint density at radius 3 is 2.88 bits per heavy atom. The van der Waals surface area contributed by atoms with Gasteiger partial charge in [0.1, 0.15) is 11.4 Å². The molecule has 3 aromatic rings. The van der Waals surface area contributed by atoms with Crippen LogP contribution < -0.4 is 0 Å². The Hall–Kier alpha value is -1.95. The molecule has 0 unspecified atom stereocenters. The number of hydrogen-bond acceptors (Lipinski definition) is 5. The molecule has 84 valence electrons. The third-order valence-electron chi connectivity index (χ3n) is 2.34. The van der Waals surface area contributed by atoms with E-state index < -0.39 is 0 Å². The molecule has 5 nitrogen and oxygen atoms in total. The molecule has 0 amide bonds.